The predicted molar refractivity (Wildman–Crippen MR) is 110 cm³/mol. The summed E-state index contributed by atoms with van der Waals surface area (Å²) in [5.74, 6) is 1.94. The van der Waals surface area contributed by atoms with E-state index in [-0.39, 0.29) is 17.8 Å². The number of aromatic nitrogens is 4. The Balaban J connectivity index is 1.48. The lowest BCUT2D eigenvalue weighted by atomic mass is 10.2. The molecule has 1 fully saturated rings. The van der Waals surface area contributed by atoms with E-state index in [0.717, 1.165) is 30.8 Å². The van der Waals surface area contributed by atoms with Crippen LogP contribution in [0, 0.1) is 6.92 Å². The van der Waals surface area contributed by atoms with Gasteiger partial charge in [-0.1, -0.05) is 23.4 Å². The molecule has 1 N–H and O–H groups in total. The number of halogens is 1. The van der Waals surface area contributed by atoms with Crippen molar-refractivity contribution in [3.05, 3.63) is 41.4 Å². The van der Waals surface area contributed by atoms with Crippen LogP contribution in [0.25, 0.3) is 11.4 Å². The number of thioether (sulfide) groups is 1. The smallest absolute Gasteiger partial charge is 0.236 e. The van der Waals surface area contributed by atoms with Crippen molar-refractivity contribution in [1.29, 1.82) is 0 Å². The summed E-state index contributed by atoms with van der Waals surface area (Å²) in [5, 5.41) is 12.6. The molecule has 1 aliphatic heterocycles. The van der Waals surface area contributed by atoms with Crippen molar-refractivity contribution in [2.75, 3.05) is 17.7 Å². The molecule has 3 aromatic heterocycles. The van der Waals surface area contributed by atoms with E-state index in [1.165, 1.54) is 18.0 Å². The van der Waals surface area contributed by atoms with Gasteiger partial charge in [-0.05, 0) is 38.0 Å². The maximum Gasteiger partial charge on any atom is 0.236 e. The minimum absolute atomic E-state index is 0.114. The lowest BCUT2D eigenvalue weighted by molar-refractivity contribution is -0.113. The molecule has 1 amide bonds. The molecular weight excluding hydrogens is 414 g/mol. The molecule has 0 aromatic carbocycles. The first-order valence-corrected chi connectivity index (χ1v) is 10.6. The van der Waals surface area contributed by atoms with E-state index >= 15 is 0 Å². The molecule has 4 rings (SSSR count). The number of furan rings is 1. The summed E-state index contributed by atoms with van der Waals surface area (Å²) < 4.78 is 13.2. The molecule has 10 heteroatoms. The van der Waals surface area contributed by atoms with Gasteiger partial charge in [0.1, 0.15) is 11.6 Å². The van der Waals surface area contributed by atoms with E-state index in [2.05, 4.69) is 20.5 Å². The van der Waals surface area contributed by atoms with Crippen LogP contribution in [0.5, 0.6) is 0 Å². The second-order valence-corrected chi connectivity index (χ2v) is 8.02. The average Bonchev–Trinajstić information content (AvgIpc) is 3.44. The lowest BCUT2D eigenvalue weighted by Gasteiger charge is -2.14. The Kier molecular flexibility index (Phi) is 6.17. The van der Waals surface area contributed by atoms with Crippen molar-refractivity contribution < 1.29 is 13.9 Å². The molecule has 1 atom stereocenters. The standard InChI is InChI=1S/C19H20ClN5O3S/c1-12-15(6-8-27-12)18-23-24-19(25(18)10-14-3-2-7-28-14)29-11-17(26)22-16-5-4-13(20)9-21-16/h4-6,8-9,14H,2-3,7,10-11H2,1H3,(H,21,22,26). The molecule has 0 saturated carbocycles. The zero-order valence-corrected chi connectivity index (χ0v) is 17.4. The van der Waals surface area contributed by atoms with E-state index in [4.69, 9.17) is 20.8 Å². The highest BCUT2D eigenvalue weighted by molar-refractivity contribution is 7.99. The van der Waals surface area contributed by atoms with Crippen molar-refractivity contribution in [2.24, 2.45) is 0 Å². The van der Waals surface area contributed by atoms with Crippen LogP contribution in [0.3, 0.4) is 0 Å². The highest BCUT2D eigenvalue weighted by atomic mass is 35.5. The molecule has 29 heavy (non-hydrogen) atoms. The molecule has 152 valence electrons. The van der Waals surface area contributed by atoms with E-state index in [1.807, 2.05) is 17.6 Å². The molecule has 0 bridgehead atoms. The summed E-state index contributed by atoms with van der Waals surface area (Å²) in [4.78, 5) is 16.4. The number of hydrogen-bond acceptors (Lipinski definition) is 7. The third-order valence-electron chi connectivity index (χ3n) is 4.55. The number of amides is 1. The fraction of sp³-hybridized carbons (Fsp3) is 0.368. The Hall–Kier alpha value is -2.36. The van der Waals surface area contributed by atoms with E-state index in [0.29, 0.717) is 28.4 Å². The maximum absolute atomic E-state index is 12.3. The van der Waals surface area contributed by atoms with Crippen molar-refractivity contribution in [3.8, 4) is 11.4 Å². The van der Waals surface area contributed by atoms with Gasteiger partial charge >= 0.3 is 0 Å². The Labute approximate surface area is 177 Å². The topological polar surface area (TPSA) is 95.1 Å². The van der Waals surface area contributed by atoms with Crippen LogP contribution in [0.1, 0.15) is 18.6 Å². The van der Waals surface area contributed by atoms with E-state index < -0.39 is 0 Å². The number of hydrogen-bond donors (Lipinski definition) is 1. The molecule has 1 aliphatic rings. The summed E-state index contributed by atoms with van der Waals surface area (Å²) in [6.07, 6.45) is 5.28. The highest BCUT2D eigenvalue weighted by Crippen LogP contribution is 2.29. The SMILES string of the molecule is Cc1occc1-c1nnc(SCC(=O)Nc2ccc(Cl)cn2)n1CC1CCCO1. The number of anilines is 1. The molecule has 0 spiro atoms. The summed E-state index contributed by atoms with van der Waals surface area (Å²) in [5.41, 5.74) is 0.886. The number of pyridine rings is 1. The summed E-state index contributed by atoms with van der Waals surface area (Å²) in [6.45, 7) is 3.29. The number of nitrogens with zero attached hydrogens (tertiary/aromatic N) is 4. The van der Waals surface area contributed by atoms with Gasteiger partial charge in [0.15, 0.2) is 11.0 Å². The summed E-state index contributed by atoms with van der Waals surface area (Å²) >= 11 is 7.14. The van der Waals surface area contributed by atoms with Gasteiger partial charge < -0.3 is 14.5 Å². The van der Waals surface area contributed by atoms with Gasteiger partial charge in [-0.3, -0.25) is 9.36 Å². The van der Waals surface area contributed by atoms with Crippen LogP contribution < -0.4 is 5.32 Å². The first-order chi connectivity index (χ1) is 14.1. The Morgan fingerprint density at radius 1 is 1.38 bits per heavy atom. The molecular formula is C19H20ClN5O3S. The van der Waals surface area contributed by atoms with Gasteiger partial charge in [-0.25, -0.2) is 4.98 Å². The van der Waals surface area contributed by atoms with Crippen LogP contribution in [-0.2, 0) is 16.1 Å². The maximum atomic E-state index is 12.3. The average molecular weight is 434 g/mol. The summed E-state index contributed by atoms with van der Waals surface area (Å²) in [7, 11) is 0. The molecule has 1 saturated heterocycles. The van der Waals surface area contributed by atoms with Crippen LogP contribution in [0.15, 0.2) is 40.2 Å². The monoisotopic (exact) mass is 433 g/mol. The minimum Gasteiger partial charge on any atom is -0.469 e. The van der Waals surface area contributed by atoms with Crippen molar-refractivity contribution in [3.63, 3.8) is 0 Å². The largest absolute Gasteiger partial charge is 0.469 e. The zero-order chi connectivity index (χ0) is 20.2. The summed E-state index contributed by atoms with van der Waals surface area (Å²) in [6, 6.07) is 5.21. The second kappa shape index (κ2) is 8.98. The molecule has 0 aliphatic carbocycles. The Morgan fingerprint density at radius 2 is 2.28 bits per heavy atom. The molecule has 3 aromatic rings. The fourth-order valence-electron chi connectivity index (χ4n) is 3.13. The van der Waals surface area contributed by atoms with Crippen molar-refractivity contribution in [2.45, 2.75) is 37.6 Å². The third-order valence-corrected chi connectivity index (χ3v) is 5.74. The van der Waals surface area contributed by atoms with Gasteiger partial charge in [0.2, 0.25) is 5.91 Å². The number of nitrogens with one attached hydrogen (secondary N) is 1. The van der Waals surface area contributed by atoms with E-state index in [9.17, 15) is 4.79 Å². The van der Waals surface area contributed by atoms with Crippen LogP contribution in [-0.4, -0.2) is 44.1 Å². The first-order valence-electron chi connectivity index (χ1n) is 9.23. The Bertz CT molecular complexity index is 982. The molecule has 0 radical (unpaired) electrons. The Morgan fingerprint density at radius 3 is 2.97 bits per heavy atom. The molecule has 4 heterocycles. The van der Waals surface area contributed by atoms with Crippen molar-refractivity contribution in [1.82, 2.24) is 19.7 Å². The number of rotatable bonds is 7. The minimum atomic E-state index is -0.183. The number of ether oxygens (including phenoxy) is 1. The number of aryl methyl sites for hydroxylation is 1. The van der Waals surface area contributed by atoms with Gasteiger partial charge in [0.25, 0.3) is 0 Å². The second-order valence-electron chi connectivity index (χ2n) is 6.64. The van der Waals surface area contributed by atoms with Gasteiger partial charge in [-0.2, -0.15) is 0 Å². The predicted octanol–water partition coefficient (Wildman–Crippen LogP) is 3.80. The lowest BCUT2D eigenvalue weighted by Crippen LogP contribution is -2.18. The van der Waals surface area contributed by atoms with Gasteiger partial charge in [0, 0.05) is 12.8 Å². The normalized spacial score (nSPS) is 16.3. The van der Waals surface area contributed by atoms with Crippen LogP contribution in [0.2, 0.25) is 5.02 Å². The third kappa shape index (κ3) is 4.80. The van der Waals surface area contributed by atoms with E-state index in [1.54, 1.807) is 18.4 Å². The zero-order valence-electron chi connectivity index (χ0n) is 15.8. The quantitative estimate of drug-likeness (QED) is 0.566. The number of carbonyl (C=O) groups excluding carboxylic acids is 1. The molecule has 8 nitrogen and oxygen atoms in total. The fourth-order valence-corrected chi connectivity index (χ4v) is 3.99. The highest BCUT2D eigenvalue weighted by Gasteiger charge is 2.23. The van der Waals surface area contributed by atoms with Crippen LogP contribution >= 0.6 is 23.4 Å². The number of carbonyl (C=O) groups is 1. The molecule has 1 unspecified atom stereocenters. The van der Waals surface area contributed by atoms with Crippen molar-refractivity contribution >= 4 is 35.1 Å². The van der Waals surface area contributed by atoms with Gasteiger partial charge in [-0.15, -0.1) is 10.2 Å². The van der Waals surface area contributed by atoms with Gasteiger partial charge in [0.05, 0.1) is 35.3 Å². The van der Waals surface area contributed by atoms with Crippen LogP contribution in [0.4, 0.5) is 5.82 Å². The first kappa shape index (κ1) is 19.9.